The Morgan fingerprint density at radius 2 is 2.11 bits per heavy atom. The number of carbonyl (C=O) groups is 1. The molecule has 0 aliphatic heterocycles. The van der Waals surface area contributed by atoms with Gasteiger partial charge in [-0.3, -0.25) is 4.79 Å². The van der Waals surface area contributed by atoms with E-state index in [1.807, 2.05) is 0 Å². The molecule has 0 bridgehead atoms. The van der Waals surface area contributed by atoms with Crippen LogP contribution in [-0.4, -0.2) is 10.5 Å². The molecule has 0 aliphatic carbocycles. The summed E-state index contributed by atoms with van der Waals surface area (Å²) in [6.45, 7) is -0.0178. The molecular weight excluding hydrogens is 252 g/mol. The first-order valence-electron chi connectivity index (χ1n) is 5.61. The van der Waals surface area contributed by atoms with E-state index in [2.05, 4.69) is 5.32 Å². The number of aryl methyl sites for hydroxylation is 1. The Morgan fingerprint density at radius 3 is 2.68 bits per heavy atom. The molecule has 1 heterocycles. The number of benzene rings is 1. The number of nitrogens with zero attached hydrogens (tertiary/aromatic N) is 1. The number of anilines is 1. The first kappa shape index (κ1) is 13.1. The summed E-state index contributed by atoms with van der Waals surface area (Å²) in [5.41, 5.74) is 6.63. The monoisotopic (exact) mass is 265 g/mol. The standard InChI is InChI=1S/C13H13F2N3O/c1-18-7-10(16)5-12(18)13(19)17-6-8-2-3-9(14)4-11(8)15/h2-5,7H,6,16H2,1H3,(H,17,19). The zero-order valence-electron chi connectivity index (χ0n) is 10.3. The van der Waals surface area contributed by atoms with Crippen molar-refractivity contribution >= 4 is 11.6 Å². The molecule has 6 heteroatoms. The van der Waals surface area contributed by atoms with Crippen LogP contribution in [0.3, 0.4) is 0 Å². The summed E-state index contributed by atoms with van der Waals surface area (Å²) in [4.78, 5) is 11.8. The van der Waals surface area contributed by atoms with Crippen LogP contribution in [-0.2, 0) is 13.6 Å². The van der Waals surface area contributed by atoms with Crippen LogP contribution in [0.1, 0.15) is 16.1 Å². The molecule has 0 atom stereocenters. The first-order chi connectivity index (χ1) is 8.97. The van der Waals surface area contributed by atoms with E-state index in [1.165, 1.54) is 12.1 Å². The lowest BCUT2D eigenvalue weighted by Gasteiger charge is -2.07. The molecule has 0 saturated heterocycles. The van der Waals surface area contributed by atoms with E-state index in [1.54, 1.807) is 17.8 Å². The van der Waals surface area contributed by atoms with Crippen LogP contribution in [0.4, 0.5) is 14.5 Å². The normalized spacial score (nSPS) is 10.5. The molecular formula is C13H13F2N3O. The van der Waals surface area contributed by atoms with Crippen LogP contribution in [0, 0.1) is 11.6 Å². The van der Waals surface area contributed by atoms with E-state index < -0.39 is 11.6 Å². The molecule has 19 heavy (non-hydrogen) atoms. The number of halogens is 2. The van der Waals surface area contributed by atoms with Gasteiger partial charge in [0, 0.05) is 31.4 Å². The minimum atomic E-state index is -0.688. The molecule has 0 unspecified atom stereocenters. The molecule has 0 spiro atoms. The van der Waals surface area contributed by atoms with Crippen LogP contribution >= 0.6 is 0 Å². The Bertz CT molecular complexity index is 622. The molecule has 1 aromatic carbocycles. The van der Waals surface area contributed by atoms with Gasteiger partial charge in [-0.1, -0.05) is 6.07 Å². The van der Waals surface area contributed by atoms with E-state index in [9.17, 15) is 13.6 Å². The molecule has 100 valence electrons. The molecule has 1 amide bonds. The van der Waals surface area contributed by atoms with Gasteiger partial charge in [0.15, 0.2) is 0 Å². The first-order valence-corrected chi connectivity index (χ1v) is 5.61. The van der Waals surface area contributed by atoms with Crippen molar-refractivity contribution in [3.05, 3.63) is 53.4 Å². The fourth-order valence-corrected chi connectivity index (χ4v) is 1.75. The van der Waals surface area contributed by atoms with Gasteiger partial charge in [-0.25, -0.2) is 8.78 Å². The zero-order valence-corrected chi connectivity index (χ0v) is 10.3. The fourth-order valence-electron chi connectivity index (χ4n) is 1.75. The minimum Gasteiger partial charge on any atom is -0.397 e. The lowest BCUT2D eigenvalue weighted by atomic mass is 10.2. The number of hydrogen-bond donors (Lipinski definition) is 2. The molecule has 0 saturated carbocycles. The molecule has 3 N–H and O–H groups in total. The van der Waals surface area contributed by atoms with Gasteiger partial charge in [-0.15, -0.1) is 0 Å². The summed E-state index contributed by atoms with van der Waals surface area (Å²) in [5.74, 6) is -1.71. The van der Waals surface area contributed by atoms with Gasteiger partial charge in [-0.2, -0.15) is 0 Å². The maximum atomic E-state index is 13.4. The van der Waals surface area contributed by atoms with Crippen molar-refractivity contribution in [1.29, 1.82) is 0 Å². The van der Waals surface area contributed by atoms with Crippen molar-refractivity contribution in [2.45, 2.75) is 6.54 Å². The maximum Gasteiger partial charge on any atom is 0.268 e. The number of carbonyl (C=O) groups excluding carboxylic acids is 1. The van der Waals surface area contributed by atoms with Crippen molar-refractivity contribution in [3.8, 4) is 0 Å². The number of nitrogens with two attached hydrogens (primary N) is 1. The second-order valence-corrected chi connectivity index (χ2v) is 4.19. The molecule has 2 aromatic rings. The average molecular weight is 265 g/mol. The predicted molar refractivity (Wildman–Crippen MR) is 67.4 cm³/mol. The van der Waals surface area contributed by atoms with Crippen molar-refractivity contribution in [2.24, 2.45) is 7.05 Å². The van der Waals surface area contributed by atoms with Gasteiger partial charge in [-0.05, 0) is 12.1 Å². The van der Waals surface area contributed by atoms with E-state index >= 15 is 0 Å². The summed E-state index contributed by atoms with van der Waals surface area (Å²) in [6, 6.07) is 4.74. The highest BCUT2D eigenvalue weighted by molar-refractivity contribution is 5.93. The molecule has 0 radical (unpaired) electrons. The molecule has 0 fully saturated rings. The van der Waals surface area contributed by atoms with Crippen molar-refractivity contribution in [2.75, 3.05) is 5.73 Å². The summed E-state index contributed by atoms with van der Waals surface area (Å²) >= 11 is 0. The highest BCUT2D eigenvalue weighted by Gasteiger charge is 2.11. The number of hydrogen-bond acceptors (Lipinski definition) is 2. The average Bonchev–Trinajstić information content (AvgIpc) is 2.67. The zero-order chi connectivity index (χ0) is 14.0. The Labute approximate surface area is 108 Å². The second kappa shape index (κ2) is 5.09. The number of aromatic nitrogens is 1. The fraction of sp³-hybridized carbons (Fsp3) is 0.154. The number of rotatable bonds is 3. The highest BCUT2D eigenvalue weighted by Crippen LogP contribution is 2.11. The van der Waals surface area contributed by atoms with Crippen LogP contribution in [0.5, 0.6) is 0 Å². The van der Waals surface area contributed by atoms with Gasteiger partial charge in [0.05, 0.1) is 5.69 Å². The Kier molecular flexibility index (Phi) is 3.50. The number of nitrogens with one attached hydrogen (secondary N) is 1. The summed E-state index contributed by atoms with van der Waals surface area (Å²) in [6.07, 6.45) is 1.60. The maximum absolute atomic E-state index is 13.4. The van der Waals surface area contributed by atoms with Crippen molar-refractivity contribution < 1.29 is 13.6 Å². The molecule has 4 nitrogen and oxygen atoms in total. The van der Waals surface area contributed by atoms with Gasteiger partial charge >= 0.3 is 0 Å². The Balaban J connectivity index is 2.06. The van der Waals surface area contributed by atoms with Gasteiger partial charge in [0.25, 0.3) is 5.91 Å². The lowest BCUT2D eigenvalue weighted by molar-refractivity contribution is 0.0942. The van der Waals surface area contributed by atoms with Crippen LogP contribution in [0.25, 0.3) is 0 Å². The van der Waals surface area contributed by atoms with E-state index in [0.717, 1.165) is 12.1 Å². The Hall–Kier alpha value is -2.37. The molecule has 2 rings (SSSR count). The van der Waals surface area contributed by atoms with Gasteiger partial charge in [0.2, 0.25) is 0 Å². The smallest absolute Gasteiger partial charge is 0.268 e. The van der Waals surface area contributed by atoms with Crippen LogP contribution in [0.15, 0.2) is 30.5 Å². The Morgan fingerprint density at radius 1 is 1.37 bits per heavy atom. The topological polar surface area (TPSA) is 60.0 Å². The third-order valence-corrected chi connectivity index (χ3v) is 2.71. The second-order valence-electron chi connectivity index (χ2n) is 4.19. The lowest BCUT2D eigenvalue weighted by Crippen LogP contribution is -2.25. The predicted octanol–water partition coefficient (Wildman–Crippen LogP) is 1.82. The van der Waals surface area contributed by atoms with Gasteiger partial charge in [0.1, 0.15) is 17.3 Å². The van der Waals surface area contributed by atoms with Crippen LogP contribution < -0.4 is 11.1 Å². The van der Waals surface area contributed by atoms with Crippen LogP contribution in [0.2, 0.25) is 0 Å². The minimum absolute atomic E-state index is 0.0178. The van der Waals surface area contributed by atoms with Crippen molar-refractivity contribution in [1.82, 2.24) is 9.88 Å². The van der Waals surface area contributed by atoms with E-state index in [4.69, 9.17) is 5.73 Å². The summed E-state index contributed by atoms with van der Waals surface area (Å²) < 4.78 is 27.7. The largest absolute Gasteiger partial charge is 0.397 e. The summed E-state index contributed by atoms with van der Waals surface area (Å²) in [7, 11) is 1.68. The van der Waals surface area contributed by atoms with E-state index in [0.29, 0.717) is 11.4 Å². The number of nitrogen functional groups attached to an aromatic ring is 1. The van der Waals surface area contributed by atoms with Gasteiger partial charge < -0.3 is 15.6 Å². The van der Waals surface area contributed by atoms with Crippen molar-refractivity contribution in [3.63, 3.8) is 0 Å². The third-order valence-electron chi connectivity index (χ3n) is 2.71. The van der Waals surface area contributed by atoms with E-state index in [-0.39, 0.29) is 18.0 Å². The number of amides is 1. The summed E-state index contributed by atoms with van der Waals surface area (Å²) in [5, 5.41) is 2.55. The quantitative estimate of drug-likeness (QED) is 0.889. The SMILES string of the molecule is Cn1cc(N)cc1C(=O)NCc1ccc(F)cc1F. The molecule has 1 aromatic heterocycles. The highest BCUT2D eigenvalue weighted by atomic mass is 19.1. The molecule has 0 aliphatic rings. The third kappa shape index (κ3) is 2.90.